The maximum atomic E-state index is 12.0. The van der Waals surface area contributed by atoms with E-state index >= 15 is 0 Å². The number of nitrogens with zero attached hydrogens (tertiary/aromatic N) is 1. The average Bonchev–Trinajstić information content (AvgIpc) is 2.38. The van der Waals surface area contributed by atoms with E-state index in [1.54, 1.807) is 18.0 Å². The van der Waals surface area contributed by atoms with Gasteiger partial charge in [0, 0.05) is 18.8 Å². The van der Waals surface area contributed by atoms with Crippen molar-refractivity contribution in [3.8, 4) is 0 Å². The van der Waals surface area contributed by atoms with Gasteiger partial charge in [0.15, 0.2) is 0 Å². The van der Waals surface area contributed by atoms with E-state index in [-0.39, 0.29) is 11.6 Å². The fourth-order valence-electron chi connectivity index (χ4n) is 1.88. The maximum absolute atomic E-state index is 12.0. The summed E-state index contributed by atoms with van der Waals surface area (Å²) in [6.07, 6.45) is 5.12. The van der Waals surface area contributed by atoms with Crippen LogP contribution in [-0.4, -0.2) is 40.6 Å². The minimum atomic E-state index is -2.07. The molecule has 0 aromatic carbocycles. The first-order chi connectivity index (χ1) is 9.22. The number of likely N-dealkylation sites (N-methyl/N-ethyl adjacent to an activating group) is 1. The number of carbonyl (C=O) groups excluding carboxylic acids is 2. The van der Waals surface area contributed by atoms with Crippen LogP contribution in [0.4, 0.5) is 0 Å². The standard InChI is InChI=1S/C13H14Cl3NO3/c1-4-5-10-9(12(19)20-3)6-8(7-17(10)2)11(18)13(14,15)16/h4,6-7,10H,1,5H2,2-3H3. The summed E-state index contributed by atoms with van der Waals surface area (Å²) >= 11 is 16.8. The van der Waals surface area contributed by atoms with Gasteiger partial charge in [-0.3, -0.25) is 4.79 Å². The highest BCUT2D eigenvalue weighted by molar-refractivity contribution is 6.77. The molecule has 0 fully saturated rings. The highest BCUT2D eigenvalue weighted by Gasteiger charge is 2.36. The van der Waals surface area contributed by atoms with Crippen molar-refractivity contribution in [2.45, 2.75) is 16.3 Å². The molecule has 0 aromatic rings. The summed E-state index contributed by atoms with van der Waals surface area (Å²) in [6.45, 7) is 3.65. The molecule has 0 amide bonds. The van der Waals surface area contributed by atoms with Gasteiger partial charge in [-0.15, -0.1) is 6.58 Å². The molecule has 0 radical (unpaired) electrons. The lowest BCUT2D eigenvalue weighted by Gasteiger charge is -2.31. The second kappa shape index (κ2) is 6.66. The van der Waals surface area contributed by atoms with Gasteiger partial charge in [-0.25, -0.2) is 4.79 Å². The van der Waals surface area contributed by atoms with Crippen molar-refractivity contribution in [3.63, 3.8) is 0 Å². The zero-order valence-corrected chi connectivity index (χ0v) is 13.3. The Balaban J connectivity index is 3.21. The molecule has 7 heteroatoms. The first-order valence-electron chi connectivity index (χ1n) is 5.68. The van der Waals surface area contributed by atoms with Crippen molar-refractivity contribution in [2.75, 3.05) is 14.2 Å². The molecule has 1 heterocycles. The number of esters is 1. The van der Waals surface area contributed by atoms with E-state index in [1.807, 2.05) is 0 Å². The molecule has 0 N–H and O–H groups in total. The quantitative estimate of drug-likeness (QED) is 0.449. The van der Waals surface area contributed by atoms with Gasteiger partial charge in [0.05, 0.1) is 18.7 Å². The van der Waals surface area contributed by atoms with Crippen molar-refractivity contribution >= 4 is 46.6 Å². The highest BCUT2D eigenvalue weighted by Crippen LogP contribution is 2.33. The Bertz CT molecular complexity index is 492. The Morgan fingerprint density at radius 2 is 2.10 bits per heavy atom. The van der Waals surface area contributed by atoms with Gasteiger partial charge in [-0.05, 0) is 12.5 Å². The predicted molar refractivity (Wildman–Crippen MR) is 79.8 cm³/mol. The molecular weight excluding hydrogens is 325 g/mol. The Morgan fingerprint density at radius 3 is 2.55 bits per heavy atom. The lowest BCUT2D eigenvalue weighted by atomic mass is 9.95. The Morgan fingerprint density at radius 1 is 1.50 bits per heavy atom. The van der Waals surface area contributed by atoms with Crippen LogP contribution in [0.3, 0.4) is 0 Å². The SMILES string of the molecule is C=CCC1C(C(=O)OC)=CC(C(=O)C(Cl)(Cl)Cl)=CN1C. The minimum absolute atomic E-state index is 0.133. The number of carbonyl (C=O) groups is 2. The van der Waals surface area contributed by atoms with Crippen molar-refractivity contribution in [2.24, 2.45) is 0 Å². The Labute approximate surface area is 132 Å². The summed E-state index contributed by atoms with van der Waals surface area (Å²) in [5.74, 6) is -1.24. The number of hydrogen-bond acceptors (Lipinski definition) is 4. The minimum Gasteiger partial charge on any atom is -0.466 e. The number of Topliss-reactive ketones (excluding diaryl/α,β-unsaturated/α-hetero) is 1. The van der Waals surface area contributed by atoms with Crippen LogP contribution in [0.1, 0.15) is 6.42 Å². The summed E-state index contributed by atoms with van der Waals surface area (Å²) in [6, 6.07) is -0.271. The van der Waals surface area contributed by atoms with Crippen LogP contribution in [-0.2, 0) is 14.3 Å². The molecule has 1 rings (SSSR count). The molecule has 0 spiro atoms. The van der Waals surface area contributed by atoms with E-state index in [1.165, 1.54) is 19.4 Å². The van der Waals surface area contributed by atoms with Crippen LogP contribution in [0.5, 0.6) is 0 Å². The molecule has 1 atom stereocenters. The molecule has 0 saturated carbocycles. The van der Waals surface area contributed by atoms with Crippen LogP contribution < -0.4 is 0 Å². The fraction of sp³-hybridized carbons (Fsp3) is 0.385. The molecule has 0 aromatic heterocycles. The van der Waals surface area contributed by atoms with Crippen molar-refractivity contribution in [3.05, 3.63) is 36.1 Å². The monoisotopic (exact) mass is 337 g/mol. The maximum Gasteiger partial charge on any atom is 0.335 e. The molecule has 1 unspecified atom stereocenters. The molecule has 4 nitrogen and oxygen atoms in total. The number of methoxy groups -OCH3 is 1. The highest BCUT2D eigenvalue weighted by atomic mass is 35.6. The number of alkyl halides is 3. The number of ether oxygens (including phenoxy) is 1. The lowest BCUT2D eigenvalue weighted by Crippen LogP contribution is -2.37. The molecule has 20 heavy (non-hydrogen) atoms. The normalized spacial score (nSPS) is 19.1. The van der Waals surface area contributed by atoms with Crippen molar-refractivity contribution in [1.82, 2.24) is 4.90 Å². The summed E-state index contributed by atoms with van der Waals surface area (Å²) in [4.78, 5) is 25.5. The number of halogens is 3. The van der Waals surface area contributed by atoms with E-state index in [0.717, 1.165) is 0 Å². The zero-order chi connectivity index (χ0) is 15.5. The lowest BCUT2D eigenvalue weighted by molar-refractivity contribution is -0.136. The van der Waals surface area contributed by atoms with Crippen LogP contribution in [0.2, 0.25) is 0 Å². The zero-order valence-electron chi connectivity index (χ0n) is 11.0. The number of allylic oxidation sites excluding steroid dienone is 2. The van der Waals surface area contributed by atoms with Crippen molar-refractivity contribution < 1.29 is 14.3 Å². The number of rotatable bonds is 4. The fourth-order valence-corrected chi connectivity index (χ4v) is 2.21. The van der Waals surface area contributed by atoms with E-state index in [0.29, 0.717) is 12.0 Å². The molecule has 0 aliphatic carbocycles. The topological polar surface area (TPSA) is 46.6 Å². The van der Waals surface area contributed by atoms with Gasteiger partial charge in [-0.2, -0.15) is 0 Å². The second-order valence-electron chi connectivity index (χ2n) is 4.21. The summed E-state index contributed by atoms with van der Waals surface area (Å²) in [7, 11) is 2.98. The van der Waals surface area contributed by atoms with Gasteiger partial charge in [0.1, 0.15) is 0 Å². The largest absolute Gasteiger partial charge is 0.466 e. The first-order valence-corrected chi connectivity index (χ1v) is 6.81. The third kappa shape index (κ3) is 3.78. The van der Waals surface area contributed by atoms with E-state index < -0.39 is 15.5 Å². The van der Waals surface area contributed by atoms with E-state index in [2.05, 4.69) is 6.58 Å². The molecule has 110 valence electrons. The number of hydrogen-bond donors (Lipinski definition) is 0. The average molecular weight is 339 g/mol. The number of ketones is 1. The molecular formula is C13H14Cl3NO3. The van der Waals surface area contributed by atoms with E-state index in [4.69, 9.17) is 39.5 Å². The van der Waals surface area contributed by atoms with Gasteiger partial charge in [-0.1, -0.05) is 40.9 Å². The van der Waals surface area contributed by atoms with Crippen LogP contribution in [0.15, 0.2) is 36.1 Å². The van der Waals surface area contributed by atoms with Crippen LogP contribution in [0.25, 0.3) is 0 Å². The van der Waals surface area contributed by atoms with Gasteiger partial charge < -0.3 is 9.64 Å². The molecule has 1 aliphatic rings. The van der Waals surface area contributed by atoms with Crippen LogP contribution in [0, 0.1) is 0 Å². The van der Waals surface area contributed by atoms with Crippen LogP contribution >= 0.6 is 34.8 Å². The first kappa shape index (κ1) is 17.1. The van der Waals surface area contributed by atoms with E-state index in [9.17, 15) is 9.59 Å². The molecule has 0 saturated heterocycles. The predicted octanol–water partition coefficient (Wildman–Crippen LogP) is 2.80. The second-order valence-corrected chi connectivity index (χ2v) is 6.49. The molecule has 1 aliphatic heterocycles. The molecule has 0 bridgehead atoms. The third-order valence-corrected chi connectivity index (χ3v) is 3.35. The smallest absolute Gasteiger partial charge is 0.335 e. The van der Waals surface area contributed by atoms with Gasteiger partial charge >= 0.3 is 5.97 Å². The third-order valence-electron chi connectivity index (χ3n) is 2.84. The summed E-state index contributed by atoms with van der Waals surface area (Å²) in [5.41, 5.74) is 0.447. The summed E-state index contributed by atoms with van der Waals surface area (Å²) < 4.78 is 2.65. The Kier molecular flexibility index (Phi) is 5.68. The van der Waals surface area contributed by atoms with Gasteiger partial charge in [0.2, 0.25) is 5.78 Å². The van der Waals surface area contributed by atoms with Gasteiger partial charge in [0.25, 0.3) is 3.79 Å². The Hall–Kier alpha value is -0.970. The van der Waals surface area contributed by atoms with Crippen molar-refractivity contribution in [1.29, 1.82) is 0 Å². The summed E-state index contributed by atoms with van der Waals surface area (Å²) in [5, 5.41) is 0.